The number of aliphatic carboxylic acids is 1. The number of hydroxylamine groups is 1. The van der Waals surface area contributed by atoms with Gasteiger partial charge < -0.3 is 9.84 Å². The fraction of sp³-hybridized carbons (Fsp3) is 0.933. The number of ether oxygens (including phenoxy) is 1. The highest BCUT2D eigenvalue weighted by atomic mass is 19.4. The quantitative estimate of drug-likeness (QED) is 0.628. The number of halogens is 3. The fourth-order valence-electron chi connectivity index (χ4n) is 2.57. The Morgan fingerprint density at radius 1 is 1.39 bits per heavy atom. The molecule has 1 aliphatic rings. The van der Waals surface area contributed by atoms with Crippen LogP contribution in [0.5, 0.6) is 0 Å². The number of carboxylic acid groups (broad SMARTS) is 1. The van der Waals surface area contributed by atoms with Crippen LogP contribution in [0.1, 0.15) is 52.4 Å². The van der Waals surface area contributed by atoms with Crippen LogP contribution in [0.4, 0.5) is 13.2 Å². The second-order valence-corrected chi connectivity index (χ2v) is 6.37. The van der Waals surface area contributed by atoms with Crippen LogP contribution in [0.15, 0.2) is 0 Å². The smallest absolute Gasteiger partial charge is 0.389 e. The molecule has 3 atom stereocenters. The summed E-state index contributed by atoms with van der Waals surface area (Å²) in [5, 5.41) is 9.35. The molecule has 0 aromatic heterocycles. The van der Waals surface area contributed by atoms with Crippen LogP contribution >= 0.6 is 0 Å². The summed E-state index contributed by atoms with van der Waals surface area (Å²) in [6.45, 7) is 4.21. The average Bonchev–Trinajstić information content (AvgIpc) is 2.45. The van der Waals surface area contributed by atoms with E-state index in [0.29, 0.717) is 13.0 Å². The minimum atomic E-state index is -4.33. The molecule has 0 aromatic rings. The van der Waals surface area contributed by atoms with E-state index >= 15 is 0 Å². The molecule has 8 heteroatoms. The Morgan fingerprint density at radius 3 is 2.57 bits per heavy atom. The summed E-state index contributed by atoms with van der Waals surface area (Å²) in [6, 6.07) is -0.915. The molecule has 0 amide bonds. The van der Waals surface area contributed by atoms with Crippen molar-refractivity contribution in [1.29, 1.82) is 0 Å². The average molecular weight is 341 g/mol. The Hall–Kier alpha value is -0.860. The lowest BCUT2D eigenvalue weighted by molar-refractivity contribution is -0.210. The molecule has 5 nitrogen and oxygen atoms in total. The van der Waals surface area contributed by atoms with E-state index < -0.39 is 36.8 Å². The second kappa shape index (κ2) is 9.44. The van der Waals surface area contributed by atoms with Crippen molar-refractivity contribution < 1.29 is 32.6 Å². The molecule has 136 valence electrons. The summed E-state index contributed by atoms with van der Waals surface area (Å²) >= 11 is 0. The summed E-state index contributed by atoms with van der Waals surface area (Å²) in [5.74, 6) is -2.01. The molecule has 1 fully saturated rings. The molecule has 2 N–H and O–H groups in total. The topological polar surface area (TPSA) is 67.8 Å². The van der Waals surface area contributed by atoms with E-state index in [0.717, 1.165) is 12.8 Å². The van der Waals surface area contributed by atoms with Crippen molar-refractivity contribution in [2.75, 3.05) is 6.61 Å². The van der Waals surface area contributed by atoms with Crippen molar-refractivity contribution in [3.05, 3.63) is 0 Å². The third-order valence-corrected chi connectivity index (χ3v) is 3.76. The van der Waals surface area contributed by atoms with Gasteiger partial charge in [-0.2, -0.15) is 18.7 Å². The predicted molar refractivity (Wildman–Crippen MR) is 77.5 cm³/mol. The first-order valence-electron chi connectivity index (χ1n) is 8.01. The summed E-state index contributed by atoms with van der Waals surface area (Å²) < 4.78 is 42.8. The zero-order valence-corrected chi connectivity index (χ0v) is 13.6. The third kappa shape index (κ3) is 8.53. The van der Waals surface area contributed by atoms with E-state index in [9.17, 15) is 23.1 Å². The van der Waals surface area contributed by atoms with Gasteiger partial charge in [0.1, 0.15) is 0 Å². The normalized spacial score (nSPS) is 22.1. The van der Waals surface area contributed by atoms with E-state index in [2.05, 4.69) is 5.48 Å². The Bertz CT molecular complexity index is 357. The standard InChI is InChI=1S/C15H26F3NO4/c1-10(2)9-11(14(20)21)12(6-7-15(16,17)18)19-23-13-5-3-4-8-22-13/h10-13,19H,3-9H2,1-2H3,(H,20,21)/t11-,12+,13?/m1/s1. The number of carbonyl (C=O) groups is 1. The summed E-state index contributed by atoms with van der Waals surface area (Å²) in [5.41, 5.74) is 2.54. The SMILES string of the molecule is CC(C)C[C@@H](C(=O)O)[C@H](CCC(F)(F)F)NOC1CCCCO1. The lowest BCUT2D eigenvalue weighted by Crippen LogP contribution is -2.44. The van der Waals surface area contributed by atoms with Gasteiger partial charge in [0.15, 0.2) is 6.29 Å². The Labute approximate surface area is 134 Å². The van der Waals surface area contributed by atoms with E-state index in [4.69, 9.17) is 9.57 Å². The van der Waals surface area contributed by atoms with Crippen LogP contribution in [0, 0.1) is 11.8 Å². The number of hydrogen-bond donors (Lipinski definition) is 2. The van der Waals surface area contributed by atoms with Crippen molar-refractivity contribution in [3.8, 4) is 0 Å². The summed E-state index contributed by atoms with van der Waals surface area (Å²) in [4.78, 5) is 16.8. The molecule has 0 spiro atoms. The third-order valence-electron chi connectivity index (χ3n) is 3.76. The molecular formula is C15H26F3NO4. The molecule has 23 heavy (non-hydrogen) atoms. The van der Waals surface area contributed by atoms with Crippen LogP contribution in [0.2, 0.25) is 0 Å². The minimum Gasteiger partial charge on any atom is -0.481 e. The van der Waals surface area contributed by atoms with Crippen LogP contribution < -0.4 is 5.48 Å². The van der Waals surface area contributed by atoms with Gasteiger partial charge in [0, 0.05) is 25.5 Å². The number of alkyl halides is 3. The van der Waals surface area contributed by atoms with E-state index in [1.807, 2.05) is 13.8 Å². The van der Waals surface area contributed by atoms with Crippen molar-refractivity contribution >= 4 is 5.97 Å². The molecule has 0 aliphatic carbocycles. The number of carboxylic acids is 1. The van der Waals surface area contributed by atoms with Crippen LogP contribution in [-0.4, -0.2) is 36.2 Å². The van der Waals surface area contributed by atoms with Crippen LogP contribution in [0.25, 0.3) is 0 Å². The Kier molecular flexibility index (Phi) is 8.28. The molecule has 0 aromatic carbocycles. The first-order valence-corrected chi connectivity index (χ1v) is 8.01. The van der Waals surface area contributed by atoms with E-state index in [1.54, 1.807) is 0 Å². The Balaban J connectivity index is 2.66. The molecule has 1 rings (SSSR count). The van der Waals surface area contributed by atoms with Gasteiger partial charge in [-0.05, 0) is 31.6 Å². The highest BCUT2D eigenvalue weighted by molar-refractivity contribution is 5.70. The number of hydrogen-bond acceptors (Lipinski definition) is 4. The molecule has 0 saturated carbocycles. The van der Waals surface area contributed by atoms with Gasteiger partial charge in [-0.1, -0.05) is 13.8 Å². The molecule has 0 radical (unpaired) electrons. The lowest BCUT2D eigenvalue weighted by Gasteiger charge is -2.29. The van der Waals surface area contributed by atoms with Gasteiger partial charge in [-0.3, -0.25) is 9.63 Å². The molecular weight excluding hydrogens is 315 g/mol. The molecule has 1 unspecified atom stereocenters. The predicted octanol–water partition coefficient (Wildman–Crippen LogP) is 3.49. The van der Waals surface area contributed by atoms with Crippen LogP contribution in [0.3, 0.4) is 0 Å². The van der Waals surface area contributed by atoms with Gasteiger partial charge in [0.2, 0.25) is 0 Å². The lowest BCUT2D eigenvalue weighted by atomic mass is 9.88. The van der Waals surface area contributed by atoms with Gasteiger partial charge in [-0.15, -0.1) is 0 Å². The molecule has 1 saturated heterocycles. The maximum atomic E-state index is 12.5. The maximum Gasteiger partial charge on any atom is 0.389 e. The van der Waals surface area contributed by atoms with Gasteiger partial charge in [-0.25, -0.2) is 0 Å². The van der Waals surface area contributed by atoms with E-state index in [-0.39, 0.29) is 18.8 Å². The minimum absolute atomic E-state index is 0.0530. The largest absolute Gasteiger partial charge is 0.481 e. The monoisotopic (exact) mass is 341 g/mol. The Morgan fingerprint density at radius 2 is 2.09 bits per heavy atom. The van der Waals surface area contributed by atoms with Crippen molar-refractivity contribution in [1.82, 2.24) is 5.48 Å². The first kappa shape index (κ1) is 20.2. The number of nitrogens with one attached hydrogen (secondary N) is 1. The van der Waals surface area contributed by atoms with Crippen molar-refractivity contribution in [2.45, 2.75) is 70.9 Å². The highest BCUT2D eigenvalue weighted by Gasteiger charge is 2.35. The summed E-state index contributed by atoms with van der Waals surface area (Å²) in [6.07, 6.45) is -3.52. The van der Waals surface area contributed by atoms with Gasteiger partial charge >= 0.3 is 12.1 Å². The molecule has 1 heterocycles. The van der Waals surface area contributed by atoms with Crippen molar-refractivity contribution in [2.24, 2.45) is 11.8 Å². The highest BCUT2D eigenvalue weighted by Crippen LogP contribution is 2.27. The maximum absolute atomic E-state index is 12.5. The van der Waals surface area contributed by atoms with Crippen molar-refractivity contribution in [3.63, 3.8) is 0 Å². The number of rotatable bonds is 9. The summed E-state index contributed by atoms with van der Waals surface area (Å²) in [7, 11) is 0. The zero-order valence-electron chi connectivity index (χ0n) is 13.6. The van der Waals surface area contributed by atoms with Crippen LogP contribution in [-0.2, 0) is 14.4 Å². The van der Waals surface area contributed by atoms with Gasteiger partial charge in [0.25, 0.3) is 0 Å². The first-order chi connectivity index (χ1) is 10.7. The fourth-order valence-corrected chi connectivity index (χ4v) is 2.57. The molecule has 0 bridgehead atoms. The van der Waals surface area contributed by atoms with E-state index in [1.165, 1.54) is 0 Å². The zero-order chi connectivity index (χ0) is 17.5. The second-order valence-electron chi connectivity index (χ2n) is 6.37. The molecule has 1 aliphatic heterocycles. The van der Waals surface area contributed by atoms with Gasteiger partial charge in [0.05, 0.1) is 5.92 Å².